The Morgan fingerprint density at radius 1 is 1.53 bits per heavy atom. The van der Waals surface area contributed by atoms with Crippen molar-refractivity contribution in [3.8, 4) is 12.3 Å². The van der Waals surface area contributed by atoms with E-state index >= 15 is 0 Å². The van der Waals surface area contributed by atoms with Crippen molar-refractivity contribution >= 4 is 5.91 Å². The molecule has 0 aliphatic carbocycles. The van der Waals surface area contributed by atoms with Crippen LogP contribution in [0, 0.1) is 18.3 Å². The Morgan fingerprint density at radius 2 is 2.20 bits per heavy atom. The largest absolute Gasteiger partial charge is 0.391 e. The van der Waals surface area contributed by atoms with E-state index in [0.717, 1.165) is 0 Å². The number of aliphatic hydroxyl groups is 1. The Kier molecular flexibility index (Phi) is 7.69. The smallest absolute Gasteiger partial charge is 0.234 e. The van der Waals surface area contributed by atoms with Crippen LogP contribution in [0.2, 0.25) is 0 Å². The number of terminal acetylenes is 1. The van der Waals surface area contributed by atoms with Crippen LogP contribution in [-0.2, 0) is 4.79 Å². The van der Waals surface area contributed by atoms with Crippen molar-refractivity contribution in [1.82, 2.24) is 10.6 Å². The summed E-state index contributed by atoms with van der Waals surface area (Å²) in [7, 11) is 0. The minimum atomic E-state index is -0.471. The fourth-order valence-electron chi connectivity index (χ4n) is 1.17. The van der Waals surface area contributed by atoms with Gasteiger partial charge in [0.1, 0.15) is 0 Å². The Bertz CT molecular complexity index is 221. The van der Waals surface area contributed by atoms with E-state index in [-0.39, 0.29) is 12.5 Å². The molecule has 4 heteroatoms. The first kappa shape index (κ1) is 13.9. The standard InChI is InChI=1S/C11H20N2O2/c1-4-5-12-8-11(15)13-7-10(14)6-9(2)3/h1,9-10,12,14H,5-8H2,2-3H3,(H,13,15). The summed E-state index contributed by atoms with van der Waals surface area (Å²) in [5, 5.41) is 14.9. The number of hydrogen-bond acceptors (Lipinski definition) is 3. The Morgan fingerprint density at radius 3 is 2.73 bits per heavy atom. The van der Waals surface area contributed by atoms with Gasteiger partial charge in [0.15, 0.2) is 0 Å². The van der Waals surface area contributed by atoms with Crippen molar-refractivity contribution < 1.29 is 9.90 Å². The minimum Gasteiger partial charge on any atom is -0.391 e. The lowest BCUT2D eigenvalue weighted by atomic mass is 10.1. The molecule has 86 valence electrons. The number of aliphatic hydroxyl groups excluding tert-OH is 1. The zero-order valence-corrected chi connectivity index (χ0v) is 9.42. The molecule has 4 nitrogen and oxygen atoms in total. The second kappa shape index (κ2) is 8.27. The number of carbonyl (C=O) groups is 1. The van der Waals surface area contributed by atoms with Gasteiger partial charge in [-0.3, -0.25) is 10.1 Å². The van der Waals surface area contributed by atoms with Gasteiger partial charge < -0.3 is 10.4 Å². The fourth-order valence-corrected chi connectivity index (χ4v) is 1.17. The van der Waals surface area contributed by atoms with Crippen LogP contribution >= 0.6 is 0 Å². The lowest BCUT2D eigenvalue weighted by Gasteiger charge is -2.13. The third-order valence-corrected chi connectivity index (χ3v) is 1.79. The first-order valence-corrected chi connectivity index (χ1v) is 5.15. The third kappa shape index (κ3) is 9.26. The van der Waals surface area contributed by atoms with Gasteiger partial charge in [-0.05, 0) is 12.3 Å². The van der Waals surface area contributed by atoms with Gasteiger partial charge in [0.25, 0.3) is 0 Å². The molecule has 0 aromatic rings. The van der Waals surface area contributed by atoms with E-state index in [4.69, 9.17) is 6.42 Å². The van der Waals surface area contributed by atoms with Crippen LogP contribution in [0.5, 0.6) is 0 Å². The fraction of sp³-hybridized carbons (Fsp3) is 0.727. The maximum absolute atomic E-state index is 11.2. The van der Waals surface area contributed by atoms with Gasteiger partial charge in [0, 0.05) is 6.54 Å². The van der Waals surface area contributed by atoms with E-state index in [0.29, 0.717) is 25.4 Å². The van der Waals surface area contributed by atoms with Gasteiger partial charge in [-0.15, -0.1) is 6.42 Å². The molecule has 1 atom stereocenters. The van der Waals surface area contributed by atoms with Crippen molar-refractivity contribution in [3.05, 3.63) is 0 Å². The maximum Gasteiger partial charge on any atom is 0.234 e. The summed E-state index contributed by atoms with van der Waals surface area (Å²) in [4.78, 5) is 11.2. The van der Waals surface area contributed by atoms with Gasteiger partial charge in [0.2, 0.25) is 5.91 Å². The molecule has 0 bridgehead atoms. The third-order valence-electron chi connectivity index (χ3n) is 1.79. The molecule has 0 heterocycles. The zero-order chi connectivity index (χ0) is 11.7. The Balaban J connectivity index is 3.49. The summed E-state index contributed by atoms with van der Waals surface area (Å²) in [5.41, 5.74) is 0. The van der Waals surface area contributed by atoms with Crippen LogP contribution < -0.4 is 10.6 Å². The Labute approximate surface area is 91.4 Å². The van der Waals surface area contributed by atoms with Crippen molar-refractivity contribution in [2.75, 3.05) is 19.6 Å². The molecule has 0 rings (SSSR count). The second-order valence-electron chi connectivity index (χ2n) is 3.90. The van der Waals surface area contributed by atoms with Crippen LogP contribution in [0.3, 0.4) is 0 Å². The molecule has 0 saturated heterocycles. The zero-order valence-electron chi connectivity index (χ0n) is 9.42. The molecule has 0 aliphatic heterocycles. The number of hydrogen-bond donors (Lipinski definition) is 3. The quantitative estimate of drug-likeness (QED) is 0.402. The molecule has 0 spiro atoms. The van der Waals surface area contributed by atoms with E-state index < -0.39 is 6.10 Å². The molecule has 0 radical (unpaired) electrons. The second-order valence-corrected chi connectivity index (χ2v) is 3.90. The highest BCUT2D eigenvalue weighted by Crippen LogP contribution is 2.02. The normalized spacial score (nSPS) is 12.2. The molecular weight excluding hydrogens is 192 g/mol. The first-order valence-electron chi connectivity index (χ1n) is 5.15. The van der Waals surface area contributed by atoms with E-state index in [2.05, 4.69) is 16.6 Å². The van der Waals surface area contributed by atoms with Crippen molar-refractivity contribution in [3.63, 3.8) is 0 Å². The van der Waals surface area contributed by atoms with Gasteiger partial charge in [-0.1, -0.05) is 19.8 Å². The summed E-state index contributed by atoms with van der Waals surface area (Å²) in [6.45, 7) is 4.92. The van der Waals surface area contributed by atoms with E-state index in [9.17, 15) is 9.90 Å². The summed E-state index contributed by atoms with van der Waals surface area (Å²) < 4.78 is 0. The number of carbonyl (C=O) groups excluding carboxylic acids is 1. The predicted octanol–water partition coefficient (Wildman–Crippen LogP) is -0.268. The molecule has 0 fully saturated rings. The minimum absolute atomic E-state index is 0.145. The molecule has 0 saturated carbocycles. The highest BCUT2D eigenvalue weighted by atomic mass is 16.3. The molecule has 1 unspecified atom stereocenters. The van der Waals surface area contributed by atoms with Crippen molar-refractivity contribution in [2.45, 2.75) is 26.4 Å². The number of amides is 1. The predicted molar refractivity (Wildman–Crippen MR) is 60.2 cm³/mol. The van der Waals surface area contributed by atoms with Crippen LogP contribution in [-0.4, -0.2) is 36.8 Å². The Hall–Kier alpha value is -1.05. The number of rotatable bonds is 7. The topological polar surface area (TPSA) is 61.4 Å². The molecule has 0 aromatic heterocycles. The summed E-state index contributed by atoms with van der Waals surface area (Å²) in [6.07, 6.45) is 5.23. The van der Waals surface area contributed by atoms with Gasteiger partial charge in [-0.2, -0.15) is 0 Å². The van der Waals surface area contributed by atoms with Crippen molar-refractivity contribution in [1.29, 1.82) is 0 Å². The average Bonchev–Trinajstić information content (AvgIpc) is 2.14. The number of nitrogens with one attached hydrogen (secondary N) is 2. The molecule has 1 amide bonds. The molecule has 0 aromatic carbocycles. The van der Waals surface area contributed by atoms with Crippen LogP contribution in [0.1, 0.15) is 20.3 Å². The van der Waals surface area contributed by atoms with Crippen LogP contribution in [0.4, 0.5) is 0 Å². The average molecular weight is 212 g/mol. The van der Waals surface area contributed by atoms with Gasteiger partial charge >= 0.3 is 0 Å². The molecular formula is C11H20N2O2. The van der Waals surface area contributed by atoms with Gasteiger partial charge in [-0.25, -0.2) is 0 Å². The lowest BCUT2D eigenvalue weighted by molar-refractivity contribution is -0.120. The van der Waals surface area contributed by atoms with E-state index in [1.54, 1.807) is 0 Å². The summed E-state index contributed by atoms with van der Waals surface area (Å²) in [6, 6.07) is 0. The van der Waals surface area contributed by atoms with Crippen LogP contribution in [0.15, 0.2) is 0 Å². The van der Waals surface area contributed by atoms with Crippen LogP contribution in [0.25, 0.3) is 0 Å². The SMILES string of the molecule is C#CCNCC(=O)NCC(O)CC(C)C. The highest BCUT2D eigenvalue weighted by Gasteiger charge is 2.08. The van der Waals surface area contributed by atoms with E-state index in [1.165, 1.54) is 0 Å². The highest BCUT2D eigenvalue weighted by molar-refractivity contribution is 5.78. The van der Waals surface area contributed by atoms with Crippen molar-refractivity contribution in [2.24, 2.45) is 5.92 Å². The molecule has 15 heavy (non-hydrogen) atoms. The van der Waals surface area contributed by atoms with E-state index in [1.807, 2.05) is 13.8 Å². The molecule has 3 N–H and O–H groups in total. The maximum atomic E-state index is 11.2. The van der Waals surface area contributed by atoms with Gasteiger partial charge in [0.05, 0.1) is 19.2 Å². The lowest BCUT2D eigenvalue weighted by Crippen LogP contribution is -2.38. The summed E-state index contributed by atoms with van der Waals surface area (Å²) >= 11 is 0. The first-order chi connectivity index (χ1) is 7.06. The summed E-state index contributed by atoms with van der Waals surface area (Å²) in [5.74, 6) is 2.66. The monoisotopic (exact) mass is 212 g/mol. The molecule has 0 aliphatic rings.